The summed E-state index contributed by atoms with van der Waals surface area (Å²) in [4.78, 5) is 24.4. The SMILES string of the molecule is CCn1c(=O)n(O)c(=O)c2cc(-c3cn(Cc4ccc(OC)cc4)nn3)ccc21. The summed E-state index contributed by atoms with van der Waals surface area (Å²) < 4.78 is 8.32. The highest BCUT2D eigenvalue weighted by Crippen LogP contribution is 2.21. The lowest BCUT2D eigenvalue weighted by atomic mass is 10.1. The molecule has 9 nitrogen and oxygen atoms in total. The molecule has 0 spiro atoms. The van der Waals surface area contributed by atoms with Gasteiger partial charge in [0.2, 0.25) is 0 Å². The summed E-state index contributed by atoms with van der Waals surface area (Å²) in [6.07, 6.45) is 1.78. The van der Waals surface area contributed by atoms with Gasteiger partial charge in [-0.25, -0.2) is 9.48 Å². The molecule has 0 saturated carbocycles. The van der Waals surface area contributed by atoms with Crippen LogP contribution in [0.2, 0.25) is 0 Å². The zero-order valence-electron chi connectivity index (χ0n) is 15.9. The van der Waals surface area contributed by atoms with Gasteiger partial charge in [-0.1, -0.05) is 28.1 Å². The summed E-state index contributed by atoms with van der Waals surface area (Å²) in [7, 11) is 1.62. The Labute approximate surface area is 165 Å². The fourth-order valence-electron chi connectivity index (χ4n) is 3.25. The topological polar surface area (TPSA) is 104 Å². The van der Waals surface area contributed by atoms with Gasteiger partial charge in [0.05, 0.1) is 30.8 Å². The molecule has 0 saturated heterocycles. The molecule has 4 aromatic rings. The van der Waals surface area contributed by atoms with Gasteiger partial charge >= 0.3 is 5.69 Å². The van der Waals surface area contributed by atoms with E-state index >= 15 is 0 Å². The lowest BCUT2D eigenvalue weighted by Gasteiger charge is -2.09. The number of fused-ring (bicyclic) bond motifs is 1. The monoisotopic (exact) mass is 393 g/mol. The number of rotatable bonds is 5. The Morgan fingerprint density at radius 1 is 1.10 bits per heavy atom. The van der Waals surface area contributed by atoms with Crippen molar-refractivity contribution < 1.29 is 9.94 Å². The standard InChI is InChI=1S/C20H19N5O4/c1-3-24-18-9-6-14(10-16(18)19(26)25(28)20(24)27)17-12-23(22-21-17)11-13-4-7-15(29-2)8-5-13/h4-10,12,28H,3,11H2,1-2H3. The summed E-state index contributed by atoms with van der Waals surface area (Å²) in [6.45, 7) is 2.63. The number of methoxy groups -OCH3 is 1. The highest BCUT2D eigenvalue weighted by molar-refractivity contribution is 5.83. The lowest BCUT2D eigenvalue weighted by molar-refractivity contribution is 0.157. The van der Waals surface area contributed by atoms with E-state index in [1.54, 1.807) is 43.1 Å². The second-order valence-electron chi connectivity index (χ2n) is 6.53. The predicted molar refractivity (Wildman–Crippen MR) is 106 cm³/mol. The Balaban J connectivity index is 1.70. The smallest absolute Gasteiger partial charge is 0.364 e. The fourth-order valence-corrected chi connectivity index (χ4v) is 3.25. The van der Waals surface area contributed by atoms with Crippen LogP contribution in [0, 0.1) is 0 Å². The summed E-state index contributed by atoms with van der Waals surface area (Å²) in [5.41, 5.74) is 1.22. The van der Waals surface area contributed by atoms with Gasteiger partial charge in [0.1, 0.15) is 11.4 Å². The van der Waals surface area contributed by atoms with Crippen molar-refractivity contribution in [2.45, 2.75) is 20.0 Å². The highest BCUT2D eigenvalue weighted by Gasteiger charge is 2.13. The van der Waals surface area contributed by atoms with Gasteiger partial charge in [-0.05, 0) is 36.8 Å². The molecule has 0 aliphatic rings. The highest BCUT2D eigenvalue weighted by atomic mass is 16.5. The normalized spacial score (nSPS) is 11.1. The van der Waals surface area contributed by atoms with Crippen LogP contribution in [-0.4, -0.2) is 36.6 Å². The number of ether oxygens (including phenoxy) is 1. The largest absolute Gasteiger partial charge is 0.497 e. The molecule has 2 aromatic carbocycles. The molecule has 29 heavy (non-hydrogen) atoms. The Hall–Kier alpha value is -3.88. The summed E-state index contributed by atoms with van der Waals surface area (Å²) in [5, 5.41) is 18.4. The van der Waals surface area contributed by atoms with Crippen LogP contribution in [-0.2, 0) is 13.1 Å². The maximum Gasteiger partial charge on any atom is 0.364 e. The third-order valence-electron chi connectivity index (χ3n) is 4.78. The van der Waals surface area contributed by atoms with E-state index in [4.69, 9.17) is 4.74 Å². The molecular formula is C20H19N5O4. The Bertz CT molecular complexity index is 1300. The maximum absolute atomic E-state index is 12.3. The number of hydrogen-bond acceptors (Lipinski definition) is 6. The van der Waals surface area contributed by atoms with Crippen molar-refractivity contribution in [1.29, 1.82) is 0 Å². The Morgan fingerprint density at radius 3 is 2.55 bits per heavy atom. The van der Waals surface area contributed by atoms with Crippen LogP contribution >= 0.6 is 0 Å². The van der Waals surface area contributed by atoms with Crippen LogP contribution in [0.4, 0.5) is 0 Å². The first-order chi connectivity index (χ1) is 14.0. The van der Waals surface area contributed by atoms with Gasteiger partial charge < -0.3 is 9.94 Å². The summed E-state index contributed by atoms with van der Waals surface area (Å²) in [6, 6.07) is 12.7. The van der Waals surface area contributed by atoms with Crippen LogP contribution < -0.4 is 16.0 Å². The molecule has 0 aliphatic carbocycles. The first-order valence-electron chi connectivity index (χ1n) is 9.04. The maximum atomic E-state index is 12.3. The van der Waals surface area contributed by atoms with Crippen molar-refractivity contribution in [2.24, 2.45) is 0 Å². The average Bonchev–Trinajstić information content (AvgIpc) is 3.21. The molecule has 148 valence electrons. The number of aryl methyl sites for hydroxylation is 1. The van der Waals surface area contributed by atoms with E-state index in [9.17, 15) is 14.8 Å². The van der Waals surface area contributed by atoms with Gasteiger partial charge in [0.25, 0.3) is 5.56 Å². The molecule has 4 rings (SSSR count). The first-order valence-corrected chi connectivity index (χ1v) is 9.04. The summed E-state index contributed by atoms with van der Waals surface area (Å²) >= 11 is 0. The number of nitrogens with zero attached hydrogens (tertiary/aromatic N) is 5. The minimum Gasteiger partial charge on any atom is -0.497 e. The average molecular weight is 393 g/mol. The van der Waals surface area contributed by atoms with Crippen LogP contribution in [0.25, 0.3) is 22.2 Å². The molecule has 0 bridgehead atoms. The number of hydrogen-bond donors (Lipinski definition) is 1. The first kappa shape index (κ1) is 18.5. The quantitative estimate of drug-likeness (QED) is 0.518. The minimum atomic E-state index is -0.762. The summed E-state index contributed by atoms with van der Waals surface area (Å²) in [5.74, 6) is 0.782. The lowest BCUT2D eigenvalue weighted by Crippen LogP contribution is -2.38. The molecule has 0 amide bonds. The number of benzene rings is 2. The molecule has 0 atom stereocenters. The second kappa shape index (κ2) is 7.27. The van der Waals surface area contributed by atoms with Crippen molar-refractivity contribution >= 4 is 10.9 Å². The van der Waals surface area contributed by atoms with Crippen molar-refractivity contribution in [3.05, 3.63) is 75.1 Å². The minimum absolute atomic E-state index is 0.135. The van der Waals surface area contributed by atoms with E-state index in [2.05, 4.69) is 10.3 Å². The fraction of sp³-hybridized carbons (Fsp3) is 0.200. The Morgan fingerprint density at radius 2 is 1.86 bits per heavy atom. The van der Waals surface area contributed by atoms with Gasteiger partial charge in [0, 0.05) is 12.1 Å². The van der Waals surface area contributed by atoms with Gasteiger partial charge in [-0.15, -0.1) is 5.10 Å². The van der Waals surface area contributed by atoms with Crippen molar-refractivity contribution in [1.82, 2.24) is 24.3 Å². The zero-order chi connectivity index (χ0) is 20.5. The van der Waals surface area contributed by atoms with E-state index in [-0.39, 0.29) is 10.1 Å². The van der Waals surface area contributed by atoms with E-state index < -0.39 is 11.2 Å². The number of aromatic nitrogens is 5. The molecule has 2 aromatic heterocycles. The molecule has 0 fully saturated rings. The molecule has 0 unspecified atom stereocenters. The molecule has 0 aliphatic heterocycles. The molecule has 0 radical (unpaired) electrons. The Kier molecular flexibility index (Phi) is 4.63. The van der Waals surface area contributed by atoms with Crippen LogP contribution in [0.1, 0.15) is 12.5 Å². The van der Waals surface area contributed by atoms with Crippen molar-refractivity contribution in [3.8, 4) is 17.0 Å². The van der Waals surface area contributed by atoms with E-state index in [1.165, 1.54) is 4.57 Å². The second-order valence-corrected chi connectivity index (χ2v) is 6.53. The predicted octanol–water partition coefficient (Wildman–Crippen LogP) is 1.74. The molecule has 2 heterocycles. The molecule has 9 heteroatoms. The van der Waals surface area contributed by atoms with E-state index in [0.717, 1.165) is 11.3 Å². The van der Waals surface area contributed by atoms with Gasteiger partial charge in [-0.3, -0.25) is 9.36 Å². The van der Waals surface area contributed by atoms with Gasteiger partial charge in [0.15, 0.2) is 0 Å². The molecular weight excluding hydrogens is 374 g/mol. The van der Waals surface area contributed by atoms with Crippen LogP contribution in [0.3, 0.4) is 0 Å². The van der Waals surface area contributed by atoms with Gasteiger partial charge in [-0.2, -0.15) is 0 Å². The van der Waals surface area contributed by atoms with Crippen LogP contribution in [0.5, 0.6) is 5.75 Å². The van der Waals surface area contributed by atoms with Crippen molar-refractivity contribution in [3.63, 3.8) is 0 Å². The van der Waals surface area contributed by atoms with E-state index in [0.29, 0.717) is 29.9 Å². The third kappa shape index (κ3) is 3.27. The zero-order valence-corrected chi connectivity index (χ0v) is 15.9. The third-order valence-corrected chi connectivity index (χ3v) is 4.78. The molecule has 1 N–H and O–H groups in total. The van der Waals surface area contributed by atoms with Crippen molar-refractivity contribution in [2.75, 3.05) is 7.11 Å². The van der Waals surface area contributed by atoms with Crippen LogP contribution in [0.15, 0.2) is 58.3 Å². The van der Waals surface area contributed by atoms with E-state index in [1.807, 2.05) is 24.3 Å².